The van der Waals surface area contributed by atoms with Crippen LogP contribution in [-0.2, 0) is 9.53 Å². The molecule has 1 saturated heterocycles. The zero-order valence-corrected chi connectivity index (χ0v) is 16.7. The summed E-state index contributed by atoms with van der Waals surface area (Å²) in [7, 11) is 0. The highest BCUT2D eigenvalue weighted by atomic mass is 16.5. The number of hydrogen-bond donors (Lipinski definition) is 1. The number of hydrogen-bond acceptors (Lipinski definition) is 4. The van der Waals surface area contributed by atoms with Gasteiger partial charge in [0.25, 0.3) is 0 Å². The summed E-state index contributed by atoms with van der Waals surface area (Å²) >= 11 is 0. The number of rotatable bonds is 8. The Morgan fingerprint density at radius 3 is 2.75 bits per heavy atom. The van der Waals surface area contributed by atoms with Gasteiger partial charge in [0.15, 0.2) is 0 Å². The molecule has 2 aromatic rings. The second kappa shape index (κ2) is 10.1. The summed E-state index contributed by atoms with van der Waals surface area (Å²) in [5, 5.41) is 2.92. The van der Waals surface area contributed by atoms with Gasteiger partial charge in [-0.3, -0.25) is 4.79 Å². The molecule has 28 heavy (non-hydrogen) atoms. The van der Waals surface area contributed by atoms with E-state index in [2.05, 4.69) is 12.2 Å². The largest absolute Gasteiger partial charge is 0.493 e. The summed E-state index contributed by atoms with van der Waals surface area (Å²) in [4.78, 5) is 12.3. The van der Waals surface area contributed by atoms with E-state index in [0.717, 1.165) is 25.2 Å². The predicted molar refractivity (Wildman–Crippen MR) is 110 cm³/mol. The van der Waals surface area contributed by atoms with Crippen molar-refractivity contribution in [3.05, 3.63) is 53.6 Å². The summed E-state index contributed by atoms with van der Waals surface area (Å²) in [6.45, 7) is 5.74. The smallest absolute Gasteiger partial charge is 0.227 e. The fourth-order valence-electron chi connectivity index (χ4n) is 3.10. The van der Waals surface area contributed by atoms with E-state index in [-0.39, 0.29) is 18.4 Å². The lowest BCUT2D eigenvalue weighted by atomic mass is 10.1. The third kappa shape index (κ3) is 5.99. The number of ether oxygens (including phenoxy) is 3. The highest BCUT2D eigenvalue weighted by Crippen LogP contribution is 2.25. The molecule has 1 N–H and O–H groups in total. The van der Waals surface area contributed by atoms with Gasteiger partial charge in [-0.2, -0.15) is 0 Å². The molecule has 1 amide bonds. The Balaban J connectivity index is 1.47. The average molecular weight is 383 g/mol. The number of anilines is 1. The molecule has 1 aliphatic heterocycles. The summed E-state index contributed by atoms with van der Waals surface area (Å²) in [6, 6.07) is 13.4. The molecule has 1 aliphatic rings. The minimum atomic E-state index is -0.103. The number of amides is 1. The van der Waals surface area contributed by atoms with Crippen LogP contribution in [0.4, 0.5) is 5.69 Å². The predicted octanol–water partition coefficient (Wildman–Crippen LogP) is 4.66. The highest BCUT2D eigenvalue weighted by Gasteiger charge is 2.15. The van der Waals surface area contributed by atoms with Gasteiger partial charge < -0.3 is 19.5 Å². The summed E-state index contributed by atoms with van der Waals surface area (Å²) in [5.74, 6) is 1.35. The van der Waals surface area contributed by atoms with Gasteiger partial charge in [-0.25, -0.2) is 0 Å². The van der Waals surface area contributed by atoms with E-state index < -0.39 is 0 Å². The second-order valence-electron chi connectivity index (χ2n) is 7.19. The first-order valence-electron chi connectivity index (χ1n) is 9.95. The molecule has 0 spiro atoms. The van der Waals surface area contributed by atoms with E-state index in [0.29, 0.717) is 24.7 Å². The maximum absolute atomic E-state index is 12.3. The molecular weight excluding hydrogens is 354 g/mol. The molecule has 0 aromatic heterocycles. The van der Waals surface area contributed by atoms with Crippen molar-refractivity contribution in [2.75, 3.05) is 25.1 Å². The van der Waals surface area contributed by atoms with Gasteiger partial charge in [0.2, 0.25) is 5.91 Å². The molecule has 1 unspecified atom stereocenters. The van der Waals surface area contributed by atoms with Gasteiger partial charge in [0.1, 0.15) is 18.1 Å². The maximum atomic E-state index is 12.3. The fourth-order valence-corrected chi connectivity index (χ4v) is 3.10. The number of carbonyl (C=O) groups is 1. The molecule has 5 heteroatoms. The average Bonchev–Trinajstić information content (AvgIpc) is 2.71. The maximum Gasteiger partial charge on any atom is 0.227 e. The first-order chi connectivity index (χ1) is 13.6. The van der Waals surface area contributed by atoms with Gasteiger partial charge in [-0.1, -0.05) is 18.2 Å². The standard InChI is InChI=1S/C23H29NO4/c1-17-10-11-19(15-18(17)2)27-14-12-23(25)24-21-8-3-4-9-22(21)28-16-20-7-5-6-13-26-20/h3-4,8-11,15,20H,5-7,12-14,16H2,1-2H3,(H,24,25). The van der Waals surface area contributed by atoms with Crippen LogP contribution in [0.2, 0.25) is 0 Å². The molecule has 0 saturated carbocycles. The zero-order chi connectivity index (χ0) is 19.8. The molecule has 3 rings (SSSR count). The number of aryl methyl sites for hydroxylation is 2. The first kappa shape index (κ1) is 20.2. The molecule has 2 aromatic carbocycles. The van der Waals surface area contributed by atoms with Crippen LogP contribution in [0.15, 0.2) is 42.5 Å². The molecule has 0 aliphatic carbocycles. The van der Waals surface area contributed by atoms with Crippen LogP contribution in [0.25, 0.3) is 0 Å². The van der Waals surface area contributed by atoms with E-state index in [4.69, 9.17) is 14.2 Å². The lowest BCUT2D eigenvalue weighted by Crippen LogP contribution is -2.26. The van der Waals surface area contributed by atoms with Gasteiger partial charge in [-0.05, 0) is 68.5 Å². The van der Waals surface area contributed by atoms with Crippen molar-refractivity contribution >= 4 is 11.6 Å². The first-order valence-corrected chi connectivity index (χ1v) is 9.95. The summed E-state index contributed by atoms with van der Waals surface area (Å²) < 4.78 is 17.3. The van der Waals surface area contributed by atoms with Crippen molar-refractivity contribution in [3.63, 3.8) is 0 Å². The highest BCUT2D eigenvalue weighted by molar-refractivity contribution is 5.92. The molecule has 1 fully saturated rings. The molecular formula is C23H29NO4. The van der Waals surface area contributed by atoms with Gasteiger partial charge in [0.05, 0.1) is 24.8 Å². The van der Waals surface area contributed by atoms with Crippen molar-refractivity contribution in [1.29, 1.82) is 0 Å². The number of carbonyl (C=O) groups excluding carboxylic acids is 1. The van der Waals surface area contributed by atoms with Crippen LogP contribution in [0, 0.1) is 13.8 Å². The van der Waals surface area contributed by atoms with Crippen molar-refractivity contribution < 1.29 is 19.0 Å². The van der Waals surface area contributed by atoms with Crippen LogP contribution >= 0.6 is 0 Å². The third-order valence-corrected chi connectivity index (χ3v) is 4.94. The Morgan fingerprint density at radius 1 is 1.11 bits per heavy atom. The monoisotopic (exact) mass is 383 g/mol. The van der Waals surface area contributed by atoms with Crippen molar-refractivity contribution in [3.8, 4) is 11.5 Å². The Labute approximate surface area is 167 Å². The minimum absolute atomic E-state index is 0.103. The van der Waals surface area contributed by atoms with Crippen molar-refractivity contribution in [1.82, 2.24) is 0 Å². The van der Waals surface area contributed by atoms with Crippen LogP contribution in [0.1, 0.15) is 36.8 Å². The minimum Gasteiger partial charge on any atom is -0.493 e. The van der Waals surface area contributed by atoms with E-state index in [9.17, 15) is 4.79 Å². The van der Waals surface area contributed by atoms with Crippen LogP contribution < -0.4 is 14.8 Å². The van der Waals surface area contributed by atoms with E-state index in [1.807, 2.05) is 49.4 Å². The topological polar surface area (TPSA) is 56.8 Å². The molecule has 1 atom stereocenters. The second-order valence-corrected chi connectivity index (χ2v) is 7.19. The number of nitrogens with one attached hydrogen (secondary N) is 1. The Morgan fingerprint density at radius 2 is 1.96 bits per heavy atom. The SMILES string of the molecule is Cc1ccc(OCCC(=O)Nc2ccccc2OCC2CCCCO2)cc1C. The van der Waals surface area contributed by atoms with Crippen LogP contribution in [-0.4, -0.2) is 31.8 Å². The Bertz CT molecular complexity index is 784. The fraction of sp³-hybridized carbons (Fsp3) is 0.435. The lowest BCUT2D eigenvalue weighted by molar-refractivity contribution is -0.116. The molecule has 0 bridgehead atoms. The van der Waals surface area contributed by atoms with Crippen LogP contribution in [0.3, 0.4) is 0 Å². The Kier molecular flexibility index (Phi) is 7.31. The molecule has 0 radical (unpaired) electrons. The summed E-state index contributed by atoms with van der Waals surface area (Å²) in [5.41, 5.74) is 3.07. The van der Waals surface area contributed by atoms with Crippen LogP contribution in [0.5, 0.6) is 11.5 Å². The van der Waals surface area contributed by atoms with Crippen molar-refractivity contribution in [2.45, 2.75) is 45.6 Å². The van der Waals surface area contributed by atoms with Crippen molar-refractivity contribution in [2.24, 2.45) is 0 Å². The van der Waals surface area contributed by atoms with E-state index >= 15 is 0 Å². The molecule has 1 heterocycles. The quantitative estimate of drug-likeness (QED) is 0.720. The zero-order valence-electron chi connectivity index (χ0n) is 16.7. The number of benzene rings is 2. The molecule has 150 valence electrons. The number of para-hydroxylation sites is 2. The van der Waals surface area contributed by atoms with Gasteiger partial charge in [-0.15, -0.1) is 0 Å². The lowest BCUT2D eigenvalue weighted by Gasteiger charge is -2.23. The molecule has 5 nitrogen and oxygen atoms in total. The van der Waals surface area contributed by atoms with Gasteiger partial charge in [0, 0.05) is 6.61 Å². The van der Waals surface area contributed by atoms with E-state index in [1.165, 1.54) is 17.5 Å². The normalized spacial score (nSPS) is 16.4. The Hall–Kier alpha value is -2.53. The third-order valence-electron chi connectivity index (χ3n) is 4.94. The van der Waals surface area contributed by atoms with E-state index in [1.54, 1.807) is 0 Å². The van der Waals surface area contributed by atoms with Gasteiger partial charge >= 0.3 is 0 Å². The summed E-state index contributed by atoms with van der Waals surface area (Å²) in [6.07, 6.45) is 3.71.